The second-order valence-electron chi connectivity index (χ2n) is 9.79. The lowest BCUT2D eigenvalue weighted by molar-refractivity contribution is 0.667. The molecular weight excluding hydrogens is 484 g/mol. The fourth-order valence-corrected chi connectivity index (χ4v) is 5.78. The summed E-state index contributed by atoms with van der Waals surface area (Å²) in [6.45, 7) is 0. The van der Waals surface area contributed by atoms with E-state index in [0.717, 1.165) is 88.3 Å². The molecule has 4 aromatic carbocycles. The van der Waals surface area contributed by atoms with Crippen LogP contribution in [0.15, 0.2) is 123 Å². The van der Waals surface area contributed by atoms with E-state index in [0.29, 0.717) is 0 Å². The molecule has 0 saturated carbocycles. The lowest BCUT2D eigenvalue weighted by atomic mass is 10.00. The summed E-state index contributed by atoms with van der Waals surface area (Å²) in [5.74, 6) is 0. The topological polar surface area (TPSA) is 65.2 Å². The predicted molar refractivity (Wildman–Crippen MR) is 155 cm³/mol. The van der Waals surface area contributed by atoms with Crippen molar-refractivity contribution in [3.63, 3.8) is 0 Å². The standard InChI is InChI=1S/C34H18N2O3/c1-3-7-27-23(5-1)31-33(38-27)21(13-15-35-31)19-9-11-29-25(17-19)26-18-20(10-12-30(26)37-29)22-14-16-36-32-24-6-2-4-8-28(24)39-34(22)32/h1-18H. The number of furan rings is 3. The number of nitrogens with zero attached hydrogens (tertiary/aromatic N) is 2. The van der Waals surface area contributed by atoms with Gasteiger partial charge in [0, 0.05) is 45.1 Å². The summed E-state index contributed by atoms with van der Waals surface area (Å²) in [4.78, 5) is 9.23. The summed E-state index contributed by atoms with van der Waals surface area (Å²) in [7, 11) is 0. The lowest BCUT2D eigenvalue weighted by Crippen LogP contribution is -1.82. The van der Waals surface area contributed by atoms with Gasteiger partial charge in [-0.3, -0.25) is 9.97 Å². The Bertz CT molecular complexity index is 2240. The van der Waals surface area contributed by atoms with Crippen molar-refractivity contribution in [2.75, 3.05) is 0 Å². The maximum Gasteiger partial charge on any atom is 0.161 e. The summed E-state index contributed by atoms with van der Waals surface area (Å²) in [5.41, 5.74) is 10.8. The Labute approximate surface area is 220 Å². The van der Waals surface area contributed by atoms with Gasteiger partial charge in [-0.25, -0.2) is 0 Å². The molecule has 0 atom stereocenters. The van der Waals surface area contributed by atoms with Crippen molar-refractivity contribution in [3.8, 4) is 22.3 Å². The van der Waals surface area contributed by atoms with Gasteiger partial charge >= 0.3 is 0 Å². The largest absolute Gasteiger partial charge is 0.456 e. The molecule has 0 aliphatic carbocycles. The Balaban J connectivity index is 1.26. The zero-order valence-electron chi connectivity index (χ0n) is 20.5. The van der Waals surface area contributed by atoms with E-state index in [1.54, 1.807) is 0 Å². The first-order valence-electron chi connectivity index (χ1n) is 12.8. The van der Waals surface area contributed by atoms with Crippen LogP contribution in [-0.2, 0) is 0 Å². The molecular formula is C34H18N2O3. The Morgan fingerprint density at radius 3 is 1.38 bits per heavy atom. The molecule has 5 heterocycles. The third-order valence-corrected chi connectivity index (χ3v) is 7.61. The van der Waals surface area contributed by atoms with Gasteiger partial charge in [0.05, 0.1) is 0 Å². The number of aromatic nitrogens is 2. The van der Waals surface area contributed by atoms with Crippen LogP contribution in [0.2, 0.25) is 0 Å². The third-order valence-electron chi connectivity index (χ3n) is 7.61. The van der Waals surface area contributed by atoms with E-state index < -0.39 is 0 Å². The molecule has 39 heavy (non-hydrogen) atoms. The Morgan fingerprint density at radius 1 is 0.410 bits per heavy atom. The minimum Gasteiger partial charge on any atom is -0.456 e. The second-order valence-corrected chi connectivity index (χ2v) is 9.79. The molecule has 5 nitrogen and oxygen atoms in total. The van der Waals surface area contributed by atoms with Gasteiger partial charge in [0.1, 0.15) is 33.4 Å². The van der Waals surface area contributed by atoms with Crippen LogP contribution in [0.4, 0.5) is 0 Å². The van der Waals surface area contributed by atoms with E-state index in [1.165, 1.54) is 0 Å². The first kappa shape index (κ1) is 20.6. The summed E-state index contributed by atoms with van der Waals surface area (Å²) in [6.07, 6.45) is 3.69. The van der Waals surface area contributed by atoms with Crippen molar-refractivity contribution in [1.82, 2.24) is 9.97 Å². The minimum atomic E-state index is 0.788. The van der Waals surface area contributed by atoms with Crippen LogP contribution in [0.1, 0.15) is 0 Å². The van der Waals surface area contributed by atoms with Crippen LogP contribution >= 0.6 is 0 Å². The van der Waals surface area contributed by atoms with E-state index in [4.69, 9.17) is 13.3 Å². The third kappa shape index (κ3) is 2.90. The Hall–Kier alpha value is -5.42. The van der Waals surface area contributed by atoms with Gasteiger partial charge in [-0.15, -0.1) is 0 Å². The highest BCUT2D eigenvalue weighted by Crippen LogP contribution is 2.40. The minimum absolute atomic E-state index is 0.788. The average Bonchev–Trinajstić information content (AvgIpc) is 3.67. The number of para-hydroxylation sites is 2. The predicted octanol–water partition coefficient (Wildman–Crippen LogP) is 9.51. The number of hydrogen-bond donors (Lipinski definition) is 0. The fourth-order valence-electron chi connectivity index (χ4n) is 5.78. The number of pyridine rings is 2. The Morgan fingerprint density at radius 2 is 0.872 bits per heavy atom. The molecule has 0 N–H and O–H groups in total. The first-order chi connectivity index (χ1) is 19.3. The van der Waals surface area contributed by atoms with E-state index >= 15 is 0 Å². The molecule has 0 amide bonds. The summed E-state index contributed by atoms with van der Waals surface area (Å²) >= 11 is 0. The maximum atomic E-state index is 6.26. The smallest absolute Gasteiger partial charge is 0.161 e. The van der Waals surface area contributed by atoms with Gasteiger partial charge in [0.25, 0.3) is 0 Å². The molecule has 9 aromatic rings. The second kappa shape index (κ2) is 7.55. The van der Waals surface area contributed by atoms with Crippen molar-refractivity contribution in [3.05, 3.63) is 109 Å². The number of rotatable bonds is 2. The van der Waals surface area contributed by atoms with E-state index in [1.807, 2.05) is 85.2 Å². The van der Waals surface area contributed by atoms with E-state index in [2.05, 4.69) is 34.2 Å². The number of benzene rings is 4. The summed E-state index contributed by atoms with van der Waals surface area (Å²) < 4.78 is 18.8. The first-order valence-corrected chi connectivity index (χ1v) is 12.8. The van der Waals surface area contributed by atoms with Crippen LogP contribution in [-0.4, -0.2) is 9.97 Å². The number of fused-ring (bicyclic) bond motifs is 9. The van der Waals surface area contributed by atoms with Gasteiger partial charge in [-0.1, -0.05) is 36.4 Å². The molecule has 0 saturated heterocycles. The van der Waals surface area contributed by atoms with Crippen LogP contribution in [0.25, 0.3) is 88.3 Å². The molecule has 0 unspecified atom stereocenters. The van der Waals surface area contributed by atoms with Crippen molar-refractivity contribution >= 4 is 66.1 Å². The van der Waals surface area contributed by atoms with Gasteiger partial charge in [0.15, 0.2) is 11.2 Å². The summed E-state index contributed by atoms with van der Waals surface area (Å²) in [6, 6.07) is 32.6. The van der Waals surface area contributed by atoms with Crippen molar-refractivity contribution in [2.24, 2.45) is 0 Å². The SMILES string of the molecule is c1ccc2c(c1)oc1c(-c3ccc4oc5ccc(-c6ccnc7c6oc6ccccc67)cc5c4c3)ccnc12. The van der Waals surface area contributed by atoms with Crippen molar-refractivity contribution < 1.29 is 13.3 Å². The molecule has 0 aliphatic rings. The molecule has 0 aliphatic heterocycles. The molecule has 182 valence electrons. The zero-order chi connectivity index (χ0) is 25.5. The molecule has 0 fully saturated rings. The highest BCUT2D eigenvalue weighted by atomic mass is 16.3. The normalized spacial score (nSPS) is 12.1. The number of hydrogen-bond acceptors (Lipinski definition) is 5. The van der Waals surface area contributed by atoms with Gasteiger partial charge in [0.2, 0.25) is 0 Å². The highest BCUT2D eigenvalue weighted by Gasteiger charge is 2.17. The Kier molecular flexibility index (Phi) is 3.99. The van der Waals surface area contributed by atoms with Crippen LogP contribution < -0.4 is 0 Å². The monoisotopic (exact) mass is 502 g/mol. The van der Waals surface area contributed by atoms with Crippen LogP contribution in [0.5, 0.6) is 0 Å². The zero-order valence-corrected chi connectivity index (χ0v) is 20.5. The summed E-state index contributed by atoms with van der Waals surface area (Å²) in [5, 5.41) is 4.12. The van der Waals surface area contributed by atoms with Crippen LogP contribution in [0.3, 0.4) is 0 Å². The van der Waals surface area contributed by atoms with Gasteiger partial charge in [-0.05, 0) is 71.8 Å². The highest BCUT2D eigenvalue weighted by molar-refractivity contribution is 6.12. The van der Waals surface area contributed by atoms with Crippen LogP contribution in [0, 0.1) is 0 Å². The van der Waals surface area contributed by atoms with Crippen molar-refractivity contribution in [2.45, 2.75) is 0 Å². The molecule has 5 heteroatoms. The molecule has 0 bridgehead atoms. The van der Waals surface area contributed by atoms with E-state index in [-0.39, 0.29) is 0 Å². The quantitative estimate of drug-likeness (QED) is 0.235. The van der Waals surface area contributed by atoms with Gasteiger partial charge < -0.3 is 13.3 Å². The fraction of sp³-hybridized carbons (Fsp3) is 0. The average molecular weight is 503 g/mol. The van der Waals surface area contributed by atoms with Gasteiger partial charge in [-0.2, -0.15) is 0 Å². The molecule has 0 spiro atoms. The maximum absolute atomic E-state index is 6.26. The lowest BCUT2D eigenvalue weighted by Gasteiger charge is -2.04. The van der Waals surface area contributed by atoms with Crippen molar-refractivity contribution in [1.29, 1.82) is 0 Å². The molecule has 9 rings (SSSR count). The molecule has 5 aromatic heterocycles. The van der Waals surface area contributed by atoms with E-state index in [9.17, 15) is 0 Å². The molecule has 0 radical (unpaired) electrons.